The zero-order valence-electron chi connectivity index (χ0n) is 24.5. The van der Waals surface area contributed by atoms with Crippen molar-refractivity contribution in [2.75, 3.05) is 20.2 Å². The standard InChI is InChI=1S/C28H42IN5O8/c1-14(2)15(3)24(38)32-20(13-35)28(42)34-10-6-7-21(34)26(40)31-19(12-17-8-9-22(37)18(29)11-17)25(39)33-23(16(4)36)27(41)30-5/h8-9,11,14-16,19-21,23,35-37H,6-7,10,12-13H2,1-5H3,(H,30,41)(H,31,40)(H,32,38)(H,33,39)/t15-,16-,19-,20-,21?,23-/m0/s1. The van der Waals surface area contributed by atoms with E-state index in [2.05, 4.69) is 21.3 Å². The molecule has 0 aromatic heterocycles. The van der Waals surface area contributed by atoms with E-state index >= 15 is 0 Å². The van der Waals surface area contributed by atoms with Gasteiger partial charge in [-0.25, -0.2) is 0 Å². The lowest BCUT2D eigenvalue weighted by Gasteiger charge is -2.30. The third-order valence-electron chi connectivity index (χ3n) is 7.44. The van der Waals surface area contributed by atoms with Crippen LogP contribution in [0.25, 0.3) is 0 Å². The molecule has 1 aliphatic rings. The molecule has 234 valence electrons. The van der Waals surface area contributed by atoms with Gasteiger partial charge in [-0.15, -0.1) is 0 Å². The van der Waals surface area contributed by atoms with Gasteiger partial charge in [0.1, 0.15) is 29.9 Å². The van der Waals surface area contributed by atoms with Gasteiger partial charge in [0.2, 0.25) is 29.5 Å². The topological polar surface area (TPSA) is 197 Å². The molecule has 0 spiro atoms. The zero-order valence-corrected chi connectivity index (χ0v) is 26.7. The highest BCUT2D eigenvalue weighted by Gasteiger charge is 2.39. The molecule has 6 atom stereocenters. The molecule has 1 saturated heterocycles. The largest absolute Gasteiger partial charge is 0.507 e. The number of amides is 5. The van der Waals surface area contributed by atoms with Crippen LogP contribution in [0, 0.1) is 15.4 Å². The van der Waals surface area contributed by atoms with Crippen LogP contribution in [0.1, 0.15) is 46.1 Å². The Balaban J connectivity index is 2.28. The number of halogens is 1. The zero-order chi connectivity index (χ0) is 31.7. The lowest BCUT2D eigenvalue weighted by Crippen LogP contribution is -2.60. The van der Waals surface area contributed by atoms with Crippen LogP contribution in [0.5, 0.6) is 5.75 Å². The van der Waals surface area contributed by atoms with Crippen molar-refractivity contribution in [3.8, 4) is 5.75 Å². The molecule has 1 unspecified atom stereocenters. The van der Waals surface area contributed by atoms with E-state index in [0.717, 1.165) is 0 Å². The molecule has 1 fully saturated rings. The highest BCUT2D eigenvalue weighted by Crippen LogP contribution is 2.22. The Morgan fingerprint density at radius 1 is 1.00 bits per heavy atom. The van der Waals surface area contributed by atoms with Crippen molar-refractivity contribution in [1.82, 2.24) is 26.2 Å². The second-order valence-corrected chi connectivity index (χ2v) is 12.0. The number of hydrogen-bond donors (Lipinski definition) is 7. The number of rotatable bonds is 13. The fourth-order valence-corrected chi connectivity index (χ4v) is 5.08. The van der Waals surface area contributed by atoms with Gasteiger partial charge in [0.15, 0.2) is 0 Å². The molecule has 0 radical (unpaired) electrons. The normalized spacial score (nSPS) is 18.4. The number of benzene rings is 1. The first-order valence-electron chi connectivity index (χ1n) is 13.9. The summed E-state index contributed by atoms with van der Waals surface area (Å²) < 4.78 is 0.527. The summed E-state index contributed by atoms with van der Waals surface area (Å²) in [7, 11) is 1.36. The number of carbonyl (C=O) groups excluding carboxylic acids is 5. The molecule has 7 N–H and O–H groups in total. The van der Waals surface area contributed by atoms with Crippen LogP contribution >= 0.6 is 22.6 Å². The predicted molar refractivity (Wildman–Crippen MR) is 162 cm³/mol. The highest BCUT2D eigenvalue weighted by atomic mass is 127. The number of aliphatic hydroxyl groups is 2. The Morgan fingerprint density at radius 2 is 1.67 bits per heavy atom. The van der Waals surface area contributed by atoms with E-state index < -0.39 is 66.4 Å². The molecule has 1 heterocycles. The predicted octanol–water partition coefficient (Wildman–Crippen LogP) is -0.604. The minimum Gasteiger partial charge on any atom is -0.507 e. The van der Waals surface area contributed by atoms with Crippen molar-refractivity contribution in [3.63, 3.8) is 0 Å². The molecular weight excluding hydrogens is 661 g/mol. The van der Waals surface area contributed by atoms with E-state index in [1.54, 1.807) is 19.1 Å². The number of nitrogens with one attached hydrogen (secondary N) is 4. The molecule has 0 saturated carbocycles. The number of likely N-dealkylation sites (tertiary alicyclic amines) is 1. The maximum atomic E-state index is 13.5. The number of aliphatic hydroxyl groups excluding tert-OH is 2. The van der Waals surface area contributed by atoms with Crippen LogP contribution in [0.3, 0.4) is 0 Å². The van der Waals surface area contributed by atoms with Gasteiger partial charge in [-0.05, 0) is 66.0 Å². The van der Waals surface area contributed by atoms with E-state index in [4.69, 9.17) is 0 Å². The summed E-state index contributed by atoms with van der Waals surface area (Å²) in [5.74, 6) is -3.32. The third kappa shape index (κ3) is 9.26. The summed E-state index contributed by atoms with van der Waals surface area (Å²) >= 11 is 1.93. The van der Waals surface area contributed by atoms with E-state index in [0.29, 0.717) is 22.0 Å². The maximum absolute atomic E-state index is 13.5. The Bertz CT molecular complexity index is 1150. The molecular formula is C28H42IN5O8. The van der Waals surface area contributed by atoms with Gasteiger partial charge in [0.05, 0.1) is 16.3 Å². The Morgan fingerprint density at radius 3 is 2.21 bits per heavy atom. The van der Waals surface area contributed by atoms with Crippen LogP contribution in [-0.2, 0) is 30.4 Å². The fourth-order valence-electron chi connectivity index (χ4n) is 4.50. The van der Waals surface area contributed by atoms with Gasteiger partial charge < -0.3 is 41.5 Å². The molecule has 2 rings (SSSR count). The van der Waals surface area contributed by atoms with Crippen LogP contribution in [-0.4, -0.2) is 100 Å². The quantitative estimate of drug-likeness (QED) is 0.132. The SMILES string of the molecule is CNC(=O)[C@@H](NC(=O)[C@H](Cc1ccc(O)c(I)c1)NC(=O)C1CCCN1C(=O)[C@H](CO)NC(=O)[C@@H](C)C(C)C)[C@H](C)O. The van der Waals surface area contributed by atoms with E-state index in [9.17, 15) is 39.3 Å². The lowest BCUT2D eigenvalue weighted by atomic mass is 9.97. The van der Waals surface area contributed by atoms with Crippen molar-refractivity contribution < 1.29 is 39.3 Å². The lowest BCUT2D eigenvalue weighted by molar-refractivity contribution is -0.143. The van der Waals surface area contributed by atoms with Gasteiger partial charge >= 0.3 is 0 Å². The van der Waals surface area contributed by atoms with Crippen LogP contribution < -0.4 is 21.3 Å². The van der Waals surface area contributed by atoms with Crippen molar-refractivity contribution in [2.45, 2.75) is 77.2 Å². The van der Waals surface area contributed by atoms with Crippen LogP contribution in [0.4, 0.5) is 0 Å². The number of likely N-dealkylation sites (N-methyl/N-ethyl adjacent to an activating group) is 1. The minimum atomic E-state index is -1.28. The second-order valence-electron chi connectivity index (χ2n) is 10.9. The van der Waals surface area contributed by atoms with Gasteiger partial charge in [-0.2, -0.15) is 0 Å². The summed E-state index contributed by atoms with van der Waals surface area (Å²) in [6, 6.07) is 0.00302. The first-order valence-corrected chi connectivity index (χ1v) is 15.0. The van der Waals surface area contributed by atoms with E-state index in [-0.39, 0.29) is 30.5 Å². The Labute approximate surface area is 259 Å². The Hall–Kier alpha value is -2.98. The number of phenols is 1. The average Bonchev–Trinajstić information content (AvgIpc) is 3.44. The summed E-state index contributed by atoms with van der Waals surface area (Å²) in [6.07, 6.45) is -0.457. The molecule has 13 nitrogen and oxygen atoms in total. The number of hydrogen-bond acceptors (Lipinski definition) is 8. The monoisotopic (exact) mass is 703 g/mol. The molecule has 5 amide bonds. The van der Waals surface area contributed by atoms with Gasteiger partial charge in [-0.1, -0.05) is 26.8 Å². The van der Waals surface area contributed by atoms with E-state index in [1.165, 1.54) is 24.9 Å². The van der Waals surface area contributed by atoms with Gasteiger partial charge in [0.25, 0.3) is 0 Å². The van der Waals surface area contributed by atoms with E-state index in [1.807, 2.05) is 36.4 Å². The molecule has 0 bridgehead atoms. The molecule has 1 aromatic rings. The smallest absolute Gasteiger partial charge is 0.248 e. The van der Waals surface area contributed by atoms with Crippen LogP contribution in [0.15, 0.2) is 18.2 Å². The summed E-state index contributed by atoms with van der Waals surface area (Å²) in [4.78, 5) is 66.3. The number of phenolic OH excluding ortho intramolecular Hbond substituents is 1. The van der Waals surface area contributed by atoms with Crippen molar-refractivity contribution in [2.24, 2.45) is 11.8 Å². The molecule has 1 aliphatic heterocycles. The van der Waals surface area contributed by atoms with Gasteiger partial charge in [-0.3, -0.25) is 24.0 Å². The Kier molecular flexibility index (Phi) is 13.4. The highest BCUT2D eigenvalue weighted by molar-refractivity contribution is 14.1. The number of aromatic hydroxyl groups is 1. The molecule has 42 heavy (non-hydrogen) atoms. The van der Waals surface area contributed by atoms with Gasteiger partial charge in [0, 0.05) is 25.9 Å². The number of carbonyl (C=O) groups is 5. The molecule has 14 heteroatoms. The van der Waals surface area contributed by atoms with Crippen LogP contribution in [0.2, 0.25) is 0 Å². The average molecular weight is 704 g/mol. The summed E-state index contributed by atoms with van der Waals surface area (Å²) in [5, 5.41) is 40.0. The first kappa shape index (κ1) is 35.2. The van der Waals surface area contributed by atoms with Crippen molar-refractivity contribution in [1.29, 1.82) is 0 Å². The second kappa shape index (κ2) is 16.0. The molecule has 0 aliphatic carbocycles. The van der Waals surface area contributed by atoms with Crippen molar-refractivity contribution in [3.05, 3.63) is 27.3 Å². The molecule has 1 aromatic carbocycles. The first-order chi connectivity index (χ1) is 19.7. The maximum Gasteiger partial charge on any atom is 0.248 e. The minimum absolute atomic E-state index is 0.0153. The fraction of sp³-hybridized carbons (Fsp3) is 0.607. The third-order valence-corrected chi connectivity index (χ3v) is 8.31. The number of nitrogens with zero attached hydrogens (tertiary/aromatic N) is 1. The van der Waals surface area contributed by atoms with Crippen molar-refractivity contribution >= 4 is 52.1 Å². The summed E-state index contributed by atoms with van der Waals surface area (Å²) in [5.41, 5.74) is 0.605. The summed E-state index contributed by atoms with van der Waals surface area (Å²) in [6.45, 7) is 6.37.